The zero-order valence-corrected chi connectivity index (χ0v) is 16.6. The lowest BCUT2D eigenvalue weighted by Gasteiger charge is -2.09. The van der Waals surface area contributed by atoms with Crippen LogP contribution in [0.4, 0.5) is 5.69 Å². The number of fused-ring (bicyclic) bond motifs is 1. The average Bonchev–Trinajstić information content (AvgIpc) is 3.12. The standard InChI is InChI=1S/C22H19N3O3S/c1-2-28-22(27)20-19(24-14-15-8-6-7-13-23-15)17-11-12-18(26)25(21(17)29-20)16-9-4-3-5-10-16/h3-13,24H,2,14H2,1H3. The zero-order valence-electron chi connectivity index (χ0n) is 15.8. The molecular formula is C22H19N3O3S. The predicted octanol–water partition coefficient (Wildman–Crippen LogP) is 4.24. The Balaban J connectivity index is 1.87. The molecule has 7 heteroatoms. The Morgan fingerprint density at radius 1 is 1.10 bits per heavy atom. The summed E-state index contributed by atoms with van der Waals surface area (Å²) in [6.45, 7) is 2.49. The second-order valence-corrected chi connectivity index (χ2v) is 7.26. The van der Waals surface area contributed by atoms with Crippen LogP contribution in [0.3, 0.4) is 0 Å². The first-order valence-electron chi connectivity index (χ1n) is 9.24. The molecule has 0 aliphatic carbocycles. The van der Waals surface area contributed by atoms with Gasteiger partial charge in [0.15, 0.2) is 0 Å². The summed E-state index contributed by atoms with van der Waals surface area (Å²) in [6, 6.07) is 18.3. The molecule has 0 radical (unpaired) electrons. The molecule has 0 amide bonds. The van der Waals surface area contributed by atoms with E-state index in [0.717, 1.165) is 16.8 Å². The first-order valence-corrected chi connectivity index (χ1v) is 10.1. The number of carbonyl (C=O) groups is 1. The molecule has 1 N–H and O–H groups in total. The van der Waals surface area contributed by atoms with Crippen LogP contribution in [0, 0.1) is 0 Å². The molecule has 6 nitrogen and oxygen atoms in total. The van der Waals surface area contributed by atoms with Gasteiger partial charge in [0.2, 0.25) is 0 Å². The molecule has 0 bridgehead atoms. The minimum Gasteiger partial charge on any atom is -0.462 e. The number of nitrogens with zero attached hydrogens (tertiary/aromatic N) is 2. The van der Waals surface area contributed by atoms with Gasteiger partial charge in [-0.1, -0.05) is 24.3 Å². The normalized spacial score (nSPS) is 10.8. The van der Waals surface area contributed by atoms with Gasteiger partial charge in [-0.25, -0.2) is 4.79 Å². The van der Waals surface area contributed by atoms with Crippen molar-refractivity contribution in [3.05, 3.63) is 87.8 Å². The number of pyridine rings is 2. The third-order valence-corrected chi connectivity index (χ3v) is 5.56. The highest BCUT2D eigenvalue weighted by atomic mass is 32.1. The fourth-order valence-electron chi connectivity index (χ4n) is 3.10. The SMILES string of the molecule is CCOC(=O)c1sc2c(ccc(=O)n2-c2ccccc2)c1NCc1ccccn1. The number of carbonyl (C=O) groups excluding carboxylic acids is 1. The van der Waals surface area contributed by atoms with Crippen molar-refractivity contribution in [1.82, 2.24) is 9.55 Å². The van der Waals surface area contributed by atoms with Crippen LogP contribution in [-0.2, 0) is 11.3 Å². The third-order valence-electron chi connectivity index (χ3n) is 4.39. The minimum atomic E-state index is -0.413. The number of para-hydroxylation sites is 1. The molecular weight excluding hydrogens is 386 g/mol. The summed E-state index contributed by atoms with van der Waals surface area (Å²) in [6.07, 6.45) is 1.72. The summed E-state index contributed by atoms with van der Waals surface area (Å²) >= 11 is 1.25. The van der Waals surface area contributed by atoms with Gasteiger partial charge >= 0.3 is 5.97 Å². The quantitative estimate of drug-likeness (QED) is 0.486. The molecule has 0 saturated carbocycles. The maximum Gasteiger partial charge on any atom is 0.350 e. The first-order chi connectivity index (χ1) is 14.2. The Kier molecular flexibility index (Phi) is 5.39. The monoisotopic (exact) mass is 405 g/mol. The highest BCUT2D eigenvalue weighted by Gasteiger charge is 2.22. The number of esters is 1. The number of benzene rings is 1. The van der Waals surface area contributed by atoms with Gasteiger partial charge in [-0.15, -0.1) is 11.3 Å². The van der Waals surface area contributed by atoms with E-state index in [2.05, 4.69) is 10.3 Å². The molecule has 0 unspecified atom stereocenters. The third kappa shape index (κ3) is 3.77. The molecule has 4 aromatic rings. The van der Waals surface area contributed by atoms with Gasteiger partial charge in [-0.05, 0) is 37.3 Å². The van der Waals surface area contributed by atoms with Crippen LogP contribution in [0.25, 0.3) is 15.9 Å². The molecule has 3 aromatic heterocycles. The van der Waals surface area contributed by atoms with Crippen LogP contribution >= 0.6 is 11.3 Å². The van der Waals surface area contributed by atoms with Gasteiger partial charge in [0.25, 0.3) is 5.56 Å². The second-order valence-electron chi connectivity index (χ2n) is 6.26. The minimum absolute atomic E-state index is 0.156. The van der Waals surface area contributed by atoms with Gasteiger partial charge in [-0.2, -0.15) is 0 Å². The molecule has 0 atom stereocenters. The molecule has 4 rings (SSSR count). The average molecular weight is 405 g/mol. The lowest BCUT2D eigenvalue weighted by Crippen LogP contribution is -2.16. The number of rotatable bonds is 6. The molecule has 29 heavy (non-hydrogen) atoms. The van der Waals surface area contributed by atoms with Gasteiger partial charge in [0, 0.05) is 17.6 Å². The van der Waals surface area contributed by atoms with Crippen LogP contribution in [0.5, 0.6) is 0 Å². The van der Waals surface area contributed by atoms with Crippen LogP contribution < -0.4 is 10.9 Å². The maximum atomic E-state index is 12.7. The molecule has 0 aliphatic rings. The number of nitrogens with one attached hydrogen (secondary N) is 1. The number of hydrogen-bond donors (Lipinski definition) is 1. The Hall–Kier alpha value is -3.45. The van der Waals surface area contributed by atoms with E-state index in [4.69, 9.17) is 4.74 Å². The number of ether oxygens (including phenoxy) is 1. The van der Waals surface area contributed by atoms with Crippen molar-refractivity contribution in [2.75, 3.05) is 11.9 Å². The highest BCUT2D eigenvalue weighted by Crippen LogP contribution is 2.37. The van der Waals surface area contributed by atoms with Crippen LogP contribution in [0.2, 0.25) is 0 Å². The fraction of sp³-hybridized carbons (Fsp3) is 0.136. The summed E-state index contributed by atoms with van der Waals surface area (Å²) in [5, 5.41) is 4.11. The largest absolute Gasteiger partial charge is 0.462 e. The Morgan fingerprint density at radius 2 is 1.90 bits per heavy atom. The van der Waals surface area contributed by atoms with Crippen molar-refractivity contribution in [2.45, 2.75) is 13.5 Å². The Labute approximate surface area is 171 Å². The summed E-state index contributed by atoms with van der Waals surface area (Å²) in [4.78, 5) is 30.7. The van der Waals surface area contributed by atoms with Crippen LogP contribution in [0.1, 0.15) is 22.3 Å². The number of aromatic nitrogens is 2. The molecule has 0 fully saturated rings. The van der Waals surface area contributed by atoms with Crippen molar-refractivity contribution >= 4 is 33.2 Å². The van der Waals surface area contributed by atoms with Crippen LogP contribution in [-0.4, -0.2) is 22.1 Å². The molecule has 0 spiro atoms. The lowest BCUT2D eigenvalue weighted by atomic mass is 10.2. The summed E-state index contributed by atoms with van der Waals surface area (Å²) in [5.41, 5.74) is 2.09. The van der Waals surface area contributed by atoms with Crippen molar-refractivity contribution in [2.24, 2.45) is 0 Å². The zero-order chi connectivity index (χ0) is 20.2. The number of anilines is 1. The van der Waals surface area contributed by atoms with E-state index in [1.165, 1.54) is 17.4 Å². The van der Waals surface area contributed by atoms with Crippen molar-refractivity contribution in [1.29, 1.82) is 0 Å². The number of hydrogen-bond acceptors (Lipinski definition) is 6. The van der Waals surface area contributed by atoms with Gasteiger partial charge in [0.05, 0.1) is 30.2 Å². The maximum absolute atomic E-state index is 12.7. The van der Waals surface area contributed by atoms with Gasteiger partial charge in [-0.3, -0.25) is 14.3 Å². The summed E-state index contributed by atoms with van der Waals surface area (Å²) < 4.78 is 6.87. The summed E-state index contributed by atoms with van der Waals surface area (Å²) in [5.74, 6) is -0.413. The number of thiophene rings is 1. The van der Waals surface area contributed by atoms with Gasteiger partial charge < -0.3 is 10.1 Å². The van der Waals surface area contributed by atoms with E-state index in [0.29, 0.717) is 21.9 Å². The summed E-state index contributed by atoms with van der Waals surface area (Å²) in [7, 11) is 0. The van der Waals surface area contributed by atoms with Crippen molar-refractivity contribution in [3.8, 4) is 5.69 Å². The Morgan fingerprint density at radius 3 is 2.62 bits per heavy atom. The van der Waals surface area contributed by atoms with Gasteiger partial charge in [0.1, 0.15) is 9.71 Å². The lowest BCUT2D eigenvalue weighted by molar-refractivity contribution is 0.0533. The molecule has 3 heterocycles. The first kappa shape index (κ1) is 18.9. The van der Waals surface area contributed by atoms with E-state index in [1.807, 2.05) is 48.5 Å². The Bertz CT molecular complexity index is 1200. The molecule has 0 saturated heterocycles. The molecule has 146 valence electrons. The molecule has 1 aromatic carbocycles. The van der Waals surface area contributed by atoms with E-state index in [1.54, 1.807) is 23.8 Å². The van der Waals surface area contributed by atoms with Crippen molar-refractivity contribution < 1.29 is 9.53 Å². The molecule has 0 aliphatic heterocycles. The van der Waals surface area contributed by atoms with E-state index in [-0.39, 0.29) is 12.2 Å². The van der Waals surface area contributed by atoms with E-state index < -0.39 is 5.97 Å². The van der Waals surface area contributed by atoms with Crippen LogP contribution in [0.15, 0.2) is 71.7 Å². The van der Waals surface area contributed by atoms with Crippen molar-refractivity contribution in [3.63, 3.8) is 0 Å². The second kappa shape index (κ2) is 8.28. The fourth-order valence-corrected chi connectivity index (χ4v) is 4.29. The highest BCUT2D eigenvalue weighted by molar-refractivity contribution is 7.21. The predicted molar refractivity (Wildman–Crippen MR) is 115 cm³/mol. The van der Waals surface area contributed by atoms with E-state index >= 15 is 0 Å². The smallest absolute Gasteiger partial charge is 0.350 e. The van der Waals surface area contributed by atoms with E-state index in [9.17, 15) is 9.59 Å². The topological polar surface area (TPSA) is 73.2 Å².